The molecule has 1 aliphatic heterocycles. The Morgan fingerprint density at radius 1 is 1.21 bits per heavy atom. The van der Waals surface area contributed by atoms with Gasteiger partial charge in [0.1, 0.15) is 5.75 Å². The number of methoxy groups -OCH3 is 1. The van der Waals surface area contributed by atoms with Crippen molar-refractivity contribution in [2.24, 2.45) is 4.99 Å². The summed E-state index contributed by atoms with van der Waals surface area (Å²) in [6, 6.07) is 6.14. The normalized spacial score (nSPS) is 14.2. The lowest BCUT2D eigenvalue weighted by Gasteiger charge is -2.17. The van der Waals surface area contributed by atoms with Crippen LogP contribution >= 0.6 is 0 Å². The van der Waals surface area contributed by atoms with Crippen LogP contribution in [-0.4, -0.2) is 63.3 Å². The molecule has 1 amide bonds. The van der Waals surface area contributed by atoms with E-state index >= 15 is 0 Å². The Morgan fingerprint density at radius 3 is 2.71 bits per heavy atom. The minimum absolute atomic E-state index is 0.126. The number of nitrogens with one attached hydrogen (secondary N) is 2. The Kier molecular flexibility index (Phi) is 9.62. The zero-order chi connectivity index (χ0) is 20.2. The number of aliphatic imine (C=N–C) groups is 1. The van der Waals surface area contributed by atoms with Crippen LogP contribution in [0.5, 0.6) is 5.75 Å². The maximum Gasteiger partial charge on any atom is 0.241 e. The second-order valence-electron chi connectivity index (χ2n) is 6.94. The molecule has 0 bridgehead atoms. The van der Waals surface area contributed by atoms with E-state index in [0.29, 0.717) is 25.7 Å². The number of hydrogen-bond acceptors (Lipinski definition) is 4. The molecular formula is C21H34N4O3. The molecule has 0 aliphatic carbocycles. The van der Waals surface area contributed by atoms with Crippen molar-refractivity contribution in [1.82, 2.24) is 15.5 Å². The number of aryl methyl sites for hydroxylation is 1. The van der Waals surface area contributed by atoms with Crippen LogP contribution in [0.25, 0.3) is 0 Å². The lowest BCUT2D eigenvalue weighted by Crippen LogP contribution is -2.44. The fourth-order valence-electron chi connectivity index (χ4n) is 3.06. The zero-order valence-electron chi connectivity index (χ0n) is 17.4. The van der Waals surface area contributed by atoms with Gasteiger partial charge in [0.2, 0.25) is 5.91 Å². The van der Waals surface area contributed by atoms with E-state index in [9.17, 15) is 4.79 Å². The molecule has 0 unspecified atom stereocenters. The van der Waals surface area contributed by atoms with Crippen molar-refractivity contribution in [3.05, 3.63) is 29.3 Å². The molecule has 1 saturated heterocycles. The summed E-state index contributed by atoms with van der Waals surface area (Å²) in [6.45, 7) is 8.55. The Bertz CT molecular complexity index is 643. The summed E-state index contributed by atoms with van der Waals surface area (Å²) in [7, 11) is 1.69. The number of benzene rings is 1. The summed E-state index contributed by atoms with van der Waals surface area (Å²) in [6.07, 6.45) is 3.04. The van der Waals surface area contributed by atoms with E-state index < -0.39 is 0 Å². The van der Waals surface area contributed by atoms with Gasteiger partial charge in [0.25, 0.3) is 0 Å². The third-order valence-corrected chi connectivity index (χ3v) is 4.59. The molecular weight excluding hydrogens is 356 g/mol. The van der Waals surface area contributed by atoms with Crippen LogP contribution in [0.4, 0.5) is 0 Å². The van der Waals surface area contributed by atoms with Crippen LogP contribution in [-0.2, 0) is 16.1 Å². The molecule has 0 spiro atoms. The van der Waals surface area contributed by atoms with Crippen LogP contribution < -0.4 is 15.4 Å². The lowest BCUT2D eigenvalue weighted by molar-refractivity contribution is -0.128. The SMILES string of the molecule is CCNC(=NCc1ccc(C)cc1OCCCOC)NCC(=O)N1CCCC1. The molecule has 0 aromatic heterocycles. The van der Waals surface area contributed by atoms with E-state index in [0.717, 1.165) is 55.8 Å². The number of amides is 1. The molecule has 1 aromatic rings. The summed E-state index contributed by atoms with van der Waals surface area (Å²) in [5, 5.41) is 6.35. The number of ether oxygens (including phenoxy) is 2. The predicted octanol–water partition coefficient (Wildman–Crippen LogP) is 2.09. The predicted molar refractivity (Wildman–Crippen MR) is 112 cm³/mol. The van der Waals surface area contributed by atoms with Gasteiger partial charge < -0.3 is 25.0 Å². The first kappa shape index (κ1) is 22.0. The molecule has 0 radical (unpaired) electrons. The molecule has 7 nitrogen and oxygen atoms in total. The van der Waals surface area contributed by atoms with E-state index in [1.54, 1.807) is 7.11 Å². The van der Waals surface area contributed by atoms with E-state index in [1.165, 1.54) is 0 Å². The van der Waals surface area contributed by atoms with Crippen LogP contribution in [0.15, 0.2) is 23.2 Å². The molecule has 1 fully saturated rings. The van der Waals surface area contributed by atoms with Gasteiger partial charge in [-0.3, -0.25) is 4.79 Å². The van der Waals surface area contributed by atoms with Crippen LogP contribution in [0.1, 0.15) is 37.3 Å². The van der Waals surface area contributed by atoms with Gasteiger partial charge in [-0.15, -0.1) is 0 Å². The Morgan fingerprint density at radius 2 is 2.00 bits per heavy atom. The second-order valence-corrected chi connectivity index (χ2v) is 6.94. The van der Waals surface area contributed by atoms with E-state index in [4.69, 9.17) is 9.47 Å². The van der Waals surface area contributed by atoms with E-state index in [-0.39, 0.29) is 12.5 Å². The van der Waals surface area contributed by atoms with Gasteiger partial charge in [-0.2, -0.15) is 0 Å². The average molecular weight is 391 g/mol. The highest BCUT2D eigenvalue weighted by Gasteiger charge is 2.17. The number of carbonyl (C=O) groups excluding carboxylic acids is 1. The topological polar surface area (TPSA) is 75.2 Å². The number of guanidine groups is 1. The van der Waals surface area contributed by atoms with Crippen molar-refractivity contribution in [1.29, 1.82) is 0 Å². The standard InChI is InChI=1S/C21H34N4O3/c1-4-22-21(24-16-20(26)25-10-5-6-11-25)23-15-18-9-8-17(2)14-19(18)28-13-7-12-27-3/h8-9,14H,4-7,10-13,15-16H2,1-3H3,(H2,22,23,24). The summed E-state index contributed by atoms with van der Waals surface area (Å²) < 4.78 is 11.0. The zero-order valence-corrected chi connectivity index (χ0v) is 17.4. The fourth-order valence-corrected chi connectivity index (χ4v) is 3.06. The first-order chi connectivity index (χ1) is 13.6. The van der Waals surface area contributed by atoms with Crippen LogP contribution in [0, 0.1) is 6.92 Å². The van der Waals surface area contributed by atoms with Crippen LogP contribution in [0.2, 0.25) is 0 Å². The maximum absolute atomic E-state index is 12.2. The lowest BCUT2D eigenvalue weighted by atomic mass is 10.1. The Balaban J connectivity index is 1.95. The van der Waals surface area contributed by atoms with Gasteiger partial charge in [0.05, 0.1) is 19.7 Å². The Labute approximate surface area is 168 Å². The minimum atomic E-state index is 0.126. The highest BCUT2D eigenvalue weighted by Crippen LogP contribution is 2.21. The van der Waals surface area contributed by atoms with Crippen molar-refractivity contribution in [2.45, 2.75) is 39.7 Å². The van der Waals surface area contributed by atoms with Gasteiger partial charge in [0.15, 0.2) is 5.96 Å². The van der Waals surface area contributed by atoms with Gasteiger partial charge in [-0.1, -0.05) is 12.1 Å². The number of hydrogen-bond donors (Lipinski definition) is 2. The monoisotopic (exact) mass is 390 g/mol. The van der Waals surface area contributed by atoms with Crippen molar-refractivity contribution < 1.29 is 14.3 Å². The van der Waals surface area contributed by atoms with E-state index in [1.807, 2.05) is 30.9 Å². The molecule has 156 valence electrons. The number of carbonyl (C=O) groups is 1. The van der Waals surface area contributed by atoms with Gasteiger partial charge in [-0.05, 0) is 38.3 Å². The molecule has 1 aromatic carbocycles. The third-order valence-electron chi connectivity index (χ3n) is 4.59. The smallest absolute Gasteiger partial charge is 0.241 e. The van der Waals surface area contributed by atoms with Crippen LogP contribution in [0.3, 0.4) is 0 Å². The van der Waals surface area contributed by atoms with E-state index in [2.05, 4.69) is 21.7 Å². The summed E-state index contributed by atoms with van der Waals surface area (Å²) in [5.74, 6) is 1.62. The molecule has 7 heteroatoms. The first-order valence-corrected chi connectivity index (χ1v) is 10.1. The number of rotatable bonds is 10. The van der Waals surface area contributed by atoms with Crippen molar-refractivity contribution in [2.75, 3.05) is 46.5 Å². The maximum atomic E-state index is 12.2. The van der Waals surface area contributed by atoms with Crippen molar-refractivity contribution in [3.8, 4) is 5.75 Å². The quantitative estimate of drug-likeness (QED) is 0.363. The minimum Gasteiger partial charge on any atom is -0.493 e. The fraction of sp³-hybridized carbons (Fsp3) is 0.619. The first-order valence-electron chi connectivity index (χ1n) is 10.1. The van der Waals surface area contributed by atoms with Gasteiger partial charge in [-0.25, -0.2) is 4.99 Å². The summed E-state index contributed by atoms with van der Waals surface area (Å²) in [5.41, 5.74) is 2.17. The molecule has 0 saturated carbocycles. The molecule has 28 heavy (non-hydrogen) atoms. The van der Waals surface area contributed by atoms with Gasteiger partial charge >= 0.3 is 0 Å². The molecule has 1 aliphatic rings. The molecule has 1 heterocycles. The second kappa shape index (κ2) is 12.2. The van der Waals surface area contributed by atoms with Crippen molar-refractivity contribution >= 4 is 11.9 Å². The number of nitrogens with zero attached hydrogens (tertiary/aromatic N) is 2. The number of likely N-dealkylation sites (tertiary alicyclic amines) is 1. The Hall–Kier alpha value is -2.28. The highest BCUT2D eigenvalue weighted by atomic mass is 16.5. The third kappa shape index (κ3) is 7.38. The average Bonchev–Trinajstić information content (AvgIpc) is 3.23. The summed E-state index contributed by atoms with van der Waals surface area (Å²) in [4.78, 5) is 18.8. The molecule has 2 rings (SSSR count). The molecule has 0 atom stereocenters. The largest absolute Gasteiger partial charge is 0.493 e. The highest BCUT2D eigenvalue weighted by molar-refractivity contribution is 5.86. The van der Waals surface area contributed by atoms with Gasteiger partial charge in [0, 0.05) is 45.3 Å². The molecule has 2 N–H and O–H groups in total. The van der Waals surface area contributed by atoms with Crippen molar-refractivity contribution in [3.63, 3.8) is 0 Å². The summed E-state index contributed by atoms with van der Waals surface area (Å²) >= 11 is 0.